The number of hydrogen-bond donors (Lipinski definition) is 1. The summed E-state index contributed by atoms with van der Waals surface area (Å²) in [6, 6.07) is 4.35. The minimum Gasteiger partial charge on any atom is -0.464 e. The van der Waals surface area contributed by atoms with Crippen molar-refractivity contribution in [2.75, 3.05) is 37.5 Å². The van der Waals surface area contributed by atoms with Crippen molar-refractivity contribution in [3.8, 4) is 6.01 Å². The Hall–Kier alpha value is -2.44. The molecule has 0 aliphatic rings. The van der Waals surface area contributed by atoms with Gasteiger partial charge in [-0.3, -0.25) is 4.98 Å². The van der Waals surface area contributed by atoms with Crippen molar-refractivity contribution >= 4 is 11.9 Å². The summed E-state index contributed by atoms with van der Waals surface area (Å²) >= 11 is 0. The second kappa shape index (κ2) is 7.37. The second-order valence-electron chi connectivity index (χ2n) is 4.45. The van der Waals surface area contributed by atoms with Crippen LogP contribution in [0.15, 0.2) is 24.5 Å². The Kier molecular flexibility index (Phi) is 5.25. The summed E-state index contributed by atoms with van der Waals surface area (Å²) in [5.74, 6) is 1.09. The van der Waals surface area contributed by atoms with E-state index in [1.165, 1.54) is 5.56 Å². The molecule has 112 valence electrons. The minimum atomic E-state index is 0.336. The maximum Gasteiger partial charge on any atom is 0.323 e. The van der Waals surface area contributed by atoms with Crippen molar-refractivity contribution in [1.82, 2.24) is 19.9 Å². The van der Waals surface area contributed by atoms with Crippen LogP contribution in [0.2, 0.25) is 0 Å². The quantitative estimate of drug-likeness (QED) is 0.825. The van der Waals surface area contributed by atoms with Crippen LogP contribution in [0.4, 0.5) is 11.9 Å². The molecule has 0 aliphatic heterocycles. The van der Waals surface area contributed by atoms with Gasteiger partial charge in [0.1, 0.15) is 0 Å². The van der Waals surface area contributed by atoms with E-state index >= 15 is 0 Å². The van der Waals surface area contributed by atoms with Crippen LogP contribution in [0.3, 0.4) is 0 Å². The SMILES string of the molecule is CCOc1nc(NC)nc(N(C)CCc2ccncc2)n1. The van der Waals surface area contributed by atoms with Crippen LogP contribution in [0.1, 0.15) is 12.5 Å². The highest BCUT2D eigenvalue weighted by Crippen LogP contribution is 2.14. The van der Waals surface area contributed by atoms with Gasteiger partial charge >= 0.3 is 6.01 Å². The van der Waals surface area contributed by atoms with E-state index in [2.05, 4.69) is 25.3 Å². The molecule has 0 spiro atoms. The van der Waals surface area contributed by atoms with Gasteiger partial charge in [-0.15, -0.1) is 0 Å². The second-order valence-corrected chi connectivity index (χ2v) is 4.45. The number of hydrogen-bond acceptors (Lipinski definition) is 7. The van der Waals surface area contributed by atoms with E-state index in [1.807, 2.05) is 31.0 Å². The maximum atomic E-state index is 5.36. The van der Waals surface area contributed by atoms with Crippen molar-refractivity contribution in [2.24, 2.45) is 0 Å². The lowest BCUT2D eigenvalue weighted by Gasteiger charge is -2.18. The number of anilines is 2. The van der Waals surface area contributed by atoms with Gasteiger partial charge in [0.2, 0.25) is 11.9 Å². The van der Waals surface area contributed by atoms with Crippen LogP contribution in [-0.4, -0.2) is 47.2 Å². The van der Waals surface area contributed by atoms with Crippen LogP contribution in [0.5, 0.6) is 6.01 Å². The van der Waals surface area contributed by atoms with Crippen molar-refractivity contribution in [2.45, 2.75) is 13.3 Å². The maximum absolute atomic E-state index is 5.36. The zero-order valence-corrected chi connectivity index (χ0v) is 12.6. The smallest absolute Gasteiger partial charge is 0.323 e. The summed E-state index contributed by atoms with van der Waals surface area (Å²) in [5.41, 5.74) is 1.23. The molecule has 0 fully saturated rings. The summed E-state index contributed by atoms with van der Waals surface area (Å²) in [7, 11) is 3.72. The Morgan fingerprint density at radius 2 is 1.95 bits per heavy atom. The molecule has 0 bridgehead atoms. The Bertz CT molecular complexity index is 563. The summed E-state index contributed by atoms with van der Waals surface area (Å²) in [6.45, 7) is 3.21. The van der Waals surface area contributed by atoms with Crippen LogP contribution >= 0.6 is 0 Å². The van der Waals surface area contributed by atoms with Crippen molar-refractivity contribution in [3.63, 3.8) is 0 Å². The zero-order chi connectivity index (χ0) is 15.1. The third-order valence-corrected chi connectivity index (χ3v) is 2.93. The summed E-state index contributed by atoms with van der Waals surface area (Å²) in [4.78, 5) is 18.8. The highest BCUT2D eigenvalue weighted by atomic mass is 16.5. The van der Waals surface area contributed by atoms with Crippen LogP contribution in [0, 0.1) is 0 Å². The van der Waals surface area contributed by atoms with Gasteiger partial charge in [0, 0.05) is 33.0 Å². The number of nitrogens with zero attached hydrogens (tertiary/aromatic N) is 5. The molecule has 0 amide bonds. The molecule has 2 heterocycles. The van der Waals surface area contributed by atoms with Crippen LogP contribution in [-0.2, 0) is 6.42 Å². The third kappa shape index (κ3) is 4.27. The fourth-order valence-corrected chi connectivity index (χ4v) is 1.77. The molecule has 21 heavy (non-hydrogen) atoms. The number of nitrogens with one attached hydrogen (secondary N) is 1. The van der Waals surface area contributed by atoms with E-state index in [9.17, 15) is 0 Å². The first-order chi connectivity index (χ1) is 10.2. The molecule has 1 N–H and O–H groups in total. The highest BCUT2D eigenvalue weighted by molar-refractivity contribution is 5.37. The van der Waals surface area contributed by atoms with Gasteiger partial charge in [-0.25, -0.2) is 0 Å². The average molecular weight is 288 g/mol. The minimum absolute atomic E-state index is 0.336. The molecule has 0 aliphatic carbocycles. The molecule has 2 aromatic heterocycles. The zero-order valence-electron chi connectivity index (χ0n) is 12.6. The average Bonchev–Trinajstić information content (AvgIpc) is 2.53. The van der Waals surface area contributed by atoms with E-state index in [0.29, 0.717) is 24.5 Å². The normalized spacial score (nSPS) is 10.2. The molecule has 0 saturated heterocycles. The lowest BCUT2D eigenvalue weighted by Crippen LogP contribution is -2.23. The molecular formula is C14H20N6O. The van der Waals surface area contributed by atoms with Gasteiger partial charge in [-0.05, 0) is 31.0 Å². The predicted octanol–water partition coefficient (Wildman–Crippen LogP) is 1.39. The van der Waals surface area contributed by atoms with Crippen molar-refractivity contribution in [3.05, 3.63) is 30.1 Å². The molecule has 2 aromatic rings. The highest BCUT2D eigenvalue weighted by Gasteiger charge is 2.10. The monoisotopic (exact) mass is 288 g/mol. The third-order valence-electron chi connectivity index (χ3n) is 2.93. The van der Waals surface area contributed by atoms with E-state index in [4.69, 9.17) is 4.74 Å². The summed E-state index contributed by atoms with van der Waals surface area (Å²) < 4.78 is 5.36. The first-order valence-electron chi connectivity index (χ1n) is 6.89. The van der Waals surface area contributed by atoms with Crippen molar-refractivity contribution in [1.29, 1.82) is 0 Å². The molecule has 2 rings (SSSR count). The fourth-order valence-electron chi connectivity index (χ4n) is 1.77. The van der Waals surface area contributed by atoms with E-state index in [0.717, 1.165) is 13.0 Å². The summed E-state index contributed by atoms with van der Waals surface area (Å²) in [6.07, 6.45) is 4.48. The number of rotatable bonds is 7. The van der Waals surface area contributed by atoms with E-state index in [1.54, 1.807) is 19.4 Å². The molecule has 0 unspecified atom stereocenters. The molecular weight excluding hydrogens is 268 g/mol. The fraction of sp³-hybridized carbons (Fsp3) is 0.429. The Morgan fingerprint density at radius 3 is 2.62 bits per heavy atom. The lowest BCUT2D eigenvalue weighted by molar-refractivity contribution is 0.312. The first-order valence-corrected chi connectivity index (χ1v) is 6.89. The Labute approximate surface area is 124 Å². The van der Waals surface area contributed by atoms with Gasteiger partial charge in [-0.1, -0.05) is 0 Å². The van der Waals surface area contributed by atoms with Gasteiger partial charge in [0.25, 0.3) is 0 Å². The standard InChI is InChI=1S/C14H20N6O/c1-4-21-14-18-12(15-2)17-13(19-14)20(3)10-7-11-5-8-16-9-6-11/h5-6,8-9H,4,7,10H2,1-3H3,(H,15,17,18,19). The first kappa shape index (κ1) is 15.0. The van der Waals surface area contributed by atoms with Crippen LogP contribution < -0.4 is 15.0 Å². The summed E-state index contributed by atoms with van der Waals surface area (Å²) in [5, 5.41) is 2.92. The topological polar surface area (TPSA) is 76.1 Å². The van der Waals surface area contributed by atoms with Gasteiger partial charge in [0.05, 0.1) is 6.61 Å². The van der Waals surface area contributed by atoms with Crippen molar-refractivity contribution < 1.29 is 4.74 Å². The number of pyridine rings is 1. The molecule has 0 radical (unpaired) electrons. The van der Waals surface area contributed by atoms with Gasteiger partial charge in [0.15, 0.2) is 0 Å². The molecule has 0 aromatic carbocycles. The van der Waals surface area contributed by atoms with Gasteiger partial charge in [-0.2, -0.15) is 15.0 Å². The molecule has 0 atom stereocenters. The molecule has 7 nitrogen and oxygen atoms in total. The predicted molar refractivity (Wildman–Crippen MR) is 81.8 cm³/mol. The van der Waals surface area contributed by atoms with E-state index < -0.39 is 0 Å². The Morgan fingerprint density at radius 1 is 1.19 bits per heavy atom. The Balaban J connectivity index is 2.07. The van der Waals surface area contributed by atoms with Crippen LogP contribution in [0.25, 0.3) is 0 Å². The van der Waals surface area contributed by atoms with E-state index in [-0.39, 0.29) is 0 Å². The molecule has 7 heteroatoms. The number of ether oxygens (including phenoxy) is 1. The molecule has 0 saturated carbocycles. The van der Waals surface area contributed by atoms with Gasteiger partial charge < -0.3 is 15.0 Å². The largest absolute Gasteiger partial charge is 0.464 e. The number of aromatic nitrogens is 4. The number of likely N-dealkylation sites (N-methyl/N-ethyl adjacent to an activating group) is 1. The lowest BCUT2D eigenvalue weighted by atomic mass is 10.2.